The van der Waals surface area contributed by atoms with Crippen LogP contribution in [0.3, 0.4) is 0 Å². The molecule has 0 fully saturated rings. The van der Waals surface area contributed by atoms with Crippen molar-refractivity contribution in [3.8, 4) is 11.1 Å². The van der Waals surface area contributed by atoms with Crippen molar-refractivity contribution in [3.05, 3.63) is 52.8 Å². The first kappa shape index (κ1) is 13.7. The lowest BCUT2D eigenvalue weighted by atomic mass is 10.0. The van der Waals surface area contributed by atoms with Gasteiger partial charge in [-0.2, -0.15) is 13.2 Å². The highest BCUT2D eigenvalue weighted by atomic mass is 35.5. The van der Waals surface area contributed by atoms with E-state index in [1.165, 1.54) is 24.3 Å². The van der Waals surface area contributed by atoms with Crippen molar-refractivity contribution in [2.45, 2.75) is 6.18 Å². The molecule has 0 aromatic heterocycles. The fourth-order valence-electron chi connectivity index (χ4n) is 1.65. The number of hydrogen-bond acceptors (Lipinski definition) is 1. The Morgan fingerprint density at radius 1 is 0.947 bits per heavy atom. The number of benzene rings is 2. The molecular weight excluding hydrogens is 282 g/mol. The van der Waals surface area contributed by atoms with E-state index in [-0.39, 0.29) is 11.3 Å². The minimum Gasteiger partial charge on any atom is -0.398 e. The number of hydrogen-bond donors (Lipinski definition) is 1. The number of alkyl halides is 3. The van der Waals surface area contributed by atoms with Crippen LogP contribution >= 0.6 is 11.6 Å². The lowest BCUT2D eigenvalue weighted by molar-refractivity contribution is -0.139. The first-order valence-electron chi connectivity index (χ1n) is 5.21. The molecule has 0 radical (unpaired) electrons. The fourth-order valence-corrected chi connectivity index (χ4v) is 1.76. The van der Waals surface area contributed by atoms with Gasteiger partial charge >= 0.3 is 6.18 Å². The summed E-state index contributed by atoms with van der Waals surface area (Å²) in [7, 11) is 0. The zero-order valence-corrected chi connectivity index (χ0v) is 10.2. The first-order valence-corrected chi connectivity index (χ1v) is 5.59. The van der Waals surface area contributed by atoms with Gasteiger partial charge in [0.05, 0.1) is 16.3 Å². The smallest absolute Gasteiger partial charge is 0.398 e. The van der Waals surface area contributed by atoms with Crippen LogP contribution in [0, 0.1) is 5.82 Å². The van der Waals surface area contributed by atoms with Crippen LogP contribution < -0.4 is 5.73 Å². The largest absolute Gasteiger partial charge is 0.419 e. The third kappa shape index (κ3) is 2.81. The van der Waals surface area contributed by atoms with Crippen LogP contribution in [0.25, 0.3) is 11.1 Å². The zero-order chi connectivity index (χ0) is 14.2. The molecule has 0 saturated heterocycles. The van der Waals surface area contributed by atoms with E-state index in [4.69, 9.17) is 17.3 Å². The molecule has 2 aromatic rings. The molecule has 0 unspecified atom stereocenters. The van der Waals surface area contributed by atoms with Gasteiger partial charge in [0.1, 0.15) is 5.82 Å². The Bertz CT molecular complexity index is 623. The second-order valence-electron chi connectivity index (χ2n) is 3.93. The van der Waals surface area contributed by atoms with E-state index in [9.17, 15) is 17.6 Å². The number of halogens is 5. The van der Waals surface area contributed by atoms with Crippen molar-refractivity contribution >= 4 is 17.3 Å². The Kier molecular flexibility index (Phi) is 3.41. The number of anilines is 1. The van der Waals surface area contributed by atoms with E-state index in [0.29, 0.717) is 10.6 Å². The Morgan fingerprint density at radius 3 is 2.11 bits per heavy atom. The van der Waals surface area contributed by atoms with Crippen LogP contribution in [0.4, 0.5) is 23.2 Å². The lowest BCUT2D eigenvalue weighted by Gasteiger charge is -2.11. The molecule has 6 heteroatoms. The van der Waals surface area contributed by atoms with Gasteiger partial charge in [0.25, 0.3) is 0 Å². The average Bonchev–Trinajstić information content (AvgIpc) is 2.32. The molecule has 1 nitrogen and oxygen atoms in total. The number of rotatable bonds is 1. The summed E-state index contributed by atoms with van der Waals surface area (Å²) in [6.45, 7) is 0. The Morgan fingerprint density at radius 2 is 1.53 bits per heavy atom. The van der Waals surface area contributed by atoms with Crippen LogP contribution in [-0.4, -0.2) is 0 Å². The molecule has 0 aliphatic rings. The van der Waals surface area contributed by atoms with E-state index < -0.39 is 17.6 Å². The summed E-state index contributed by atoms with van der Waals surface area (Å²) >= 11 is 5.73. The van der Waals surface area contributed by atoms with Crippen LogP contribution in [0.1, 0.15) is 5.56 Å². The van der Waals surface area contributed by atoms with Crippen molar-refractivity contribution in [2.75, 3.05) is 5.73 Å². The summed E-state index contributed by atoms with van der Waals surface area (Å²) in [6.07, 6.45) is -4.74. The highest BCUT2D eigenvalue weighted by Crippen LogP contribution is 2.35. The molecule has 2 rings (SSSR count). The zero-order valence-electron chi connectivity index (χ0n) is 9.43. The Balaban J connectivity index is 2.54. The predicted molar refractivity (Wildman–Crippen MR) is 66.3 cm³/mol. The standard InChI is InChI=1S/C13H8ClF4N/c14-10-3-1-8(6-12(10)19)7-2-4-11(15)9(5-7)13(16,17)18/h1-6H,19H2. The summed E-state index contributed by atoms with van der Waals surface area (Å²) in [5, 5.41) is 0.307. The molecule has 2 N–H and O–H groups in total. The van der Waals surface area contributed by atoms with E-state index in [2.05, 4.69) is 0 Å². The van der Waals surface area contributed by atoms with Gasteiger partial charge in [-0.3, -0.25) is 0 Å². The molecular formula is C13H8ClF4N. The highest BCUT2D eigenvalue weighted by molar-refractivity contribution is 6.33. The summed E-state index contributed by atoms with van der Waals surface area (Å²) in [4.78, 5) is 0. The summed E-state index contributed by atoms with van der Waals surface area (Å²) in [5.41, 5.74) is 5.18. The maximum absolute atomic E-state index is 13.2. The molecule has 2 aromatic carbocycles. The maximum Gasteiger partial charge on any atom is 0.419 e. The van der Waals surface area contributed by atoms with Gasteiger partial charge in [0.15, 0.2) is 0 Å². The number of nitrogens with two attached hydrogens (primary N) is 1. The molecule has 0 aliphatic carbocycles. The van der Waals surface area contributed by atoms with Gasteiger partial charge in [-0.15, -0.1) is 0 Å². The molecule has 0 atom stereocenters. The lowest BCUT2D eigenvalue weighted by Crippen LogP contribution is -2.08. The average molecular weight is 290 g/mol. The Hall–Kier alpha value is -1.75. The van der Waals surface area contributed by atoms with E-state index >= 15 is 0 Å². The molecule has 0 spiro atoms. The summed E-state index contributed by atoms with van der Waals surface area (Å²) in [6, 6.07) is 7.22. The Labute approximate surface area is 111 Å². The van der Waals surface area contributed by atoms with Crippen LogP contribution in [0.2, 0.25) is 5.02 Å². The van der Waals surface area contributed by atoms with Gasteiger partial charge in [-0.1, -0.05) is 23.7 Å². The van der Waals surface area contributed by atoms with Crippen molar-refractivity contribution in [1.29, 1.82) is 0 Å². The van der Waals surface area contributed by atoms with Gasteiger partial charge in [-0.25, -0.2) is 4.39 Å². The van der Waals surface area contributed by atoms with Gasteiger partial charge < -0.3 is 5.73 Å². The molecule has 0 heterocycles. The van der Waals surface area contributed by atoms with Gasteiger partial charge in [0.2, 0.25) is 0 Å². The molecule has 0 amide bonds. The third-order valence-electron chi connectivity index (χ3n) is 2.60. The predicted octanol–water partition coefficient (Wildman–Crippen LogP) is 4.75. The van der Waals surface area contributed by atoms with Crippen molar-refractivity contribution in [3.63, 3.8) is 0 Å². The normalized spacial score (nSPS) is 11.6. The van der Waals surface area contributed by atoms with E-state index in [0.717, 1.165) is 12.1 Å². The van der Waals surface area contributed by atoms with Crippen molar-refractivity contribution < 1.29 is 17.6 Å². The molecule has 0 saturated carbocycles. The first-order chi connectivity index (χ1) is 8.79. The monoisotopic (exact) mass is 289 g/mol. The van der Waals surface area contributed by atoms with Crippen molar-refractivity contribution in [2.24, 2.45) is 0 Å². The molecule has 0 bridgehead atoms. The second-order valence-corrected chi connectivity index (χ2v) is 4.34. The van der Waals surface area contributed by atoms with Crippen LogP contribution in [0.5, 0.6) is 0 Å². The summed E-state index contributed by atoms with van der Waals surface area (Å²) in [5.74, 6) is -1.31. The fraction of sp³-hybridized carbons (Fsp3) is 0.0769. The van der Waals surface area contributed by atoms with E-state index in [1.54, 1.807) is 0 Å². The van der Waals surface area contributed by atoms with Crippen LogP contribution in [0.15, 0.2) is 36.4 Å². The topological polar surface area (TPSA) is 26.0 Å². The third-order valence-corrected chi connectivity index (χ3v) is 2.95. The van der Waals surface area contributed by atoms with Crippen LogP contribution in [-0.2, 0) is 6.18 Å². The number of nitrogen functional groups attached to an aromatic ring is 1. The molecule has 0 aliphatic heterocycles. The van der Waals surface area contributed by atoms with E-state index in [1.807, 2.05) is 0 Å². The minimum absolute atomic E-state index is 0.220. The summed E-state index contributed by atoms with van der Waals surface area (Å²) < 4.78 is 51.0. The SMILES string of the molecule is Nc1cc(-c2ccc(F)c(C(F)(F)F)c2)ccc1Cl. The van der Waals surface area contributed by atoms with Gasteiger partial charge in [-0.05, 0) is 35.4 Å². The molecule has 19 heavy (non-hydrogen) atoms. The maximum atomic E-state index is 13.2. The van der Waals surface area contributed by atoms with Gasteiger partial charge in [0, 0.05) is 0 Å². The molecule has 100 valence electrons. The highest BCUT2D eigenvalue weighted by Gasteiger charge is 2.34. The quantitative estimate of drug-likeness (QED) is 0.595. The van der Waals surface area contributed by atoms with Crippen molar-refractivity contribution in [1.82, 2.24) is 0 Å². The second kappa shape index (κ2) is 4.74. The minimum atomic E-state index is -4.74.